The molecule has 0 atom stereocenters. The van der Waals surface area contributed by atoms with E-state index in [2.05, 4.69) is 11.9 Å². The van der Waals surface area contributed by atoms with Crippen molar-refractivity contribution >= 4 is 5.97 Å². The first kappa shape index (κ1) is 12.1. The molecule has 2 rings (SSSR count). The van der Waals surface area contributed by atoms with Crippen LogP contribution in [0.4, 0.5) is 0 Å². The van der Waals surface area contributed by atoms with Crippen molar-refractivity contribution in [3.8, 4) is 11.6 Å². The number of carbonyl (C=O) groups is 1. The van der Waals surface area contributed by atoms with Crippen LogP contribution in [-0.2, 0) is 6.42 Å². The zero-order valence-electron chi connectivity index (χ0n) is 9.96. The summed E-state index contributed by atoms with van der Waals surface area (Å²) in [6.45, 7) is 2.06. The minimum absolute atomic E-state index is 0.0286. The predicted molar refractivity (Wildman–Crippen MR) is 67.1 cm³/mol. The van der Waals surface area contributed by atoms with Gasteiger partial charge >= 0.3 is 5.97 Å². The van der Waals surface area contributed by atoms with Gasteiger partial charge in [0.05, 0.1) is 0 Å². The molecular weight excluding hydrogens is 230 g/mol. The van der Waals surface area contributed by atoms with Crippen LogP contribution in [0.2, 0.25) is 0 Å². The Morgan fingerprint density at radius 3 is 2.78 bits per heavy atom. The molecule has 0 radical (unpaired) electrons. The lowest BCUT2D eigenvalue weighted by Crippen LogP contribution is -2.00. The van der Waals surface area contributed by atoms with Crippen LogP contribution in [0.5, 0.6) is 11.6 Å². The van der Waals surface area contributed by atoms with E-state index < -0.39 is 5.97 Å². The Hall–Kier alpha value is -2.36. The average molecular weight is 243 g/mol. The maximum absolute atomic E-state index is 10.8. The van der Waals surface area contributed by atoms with Crippen molar-refractivity contribution in [1.82, 2.24) is 4.98 Å². The van der Waals surface area contributed by atoms with E-state index in [0.717, 1.165) is 12.0 Å². The van der Waals surface area contributed by atoms with Gasteiger partial charge in [-0.05, 0) is 30.2 Å². The molecule has 0 spiro atoms. The monoisotopic (exact) mass is 243 g/mol. The molecule has 4 nitrogen and oxygen atoms in total. The maximum atomic E-state index is 10.8. The third-order valence-corrected chi connectivity index (χ3v) is 2.47. The summed E-state index contributed by atoms with van der Waals surface area (Å²) in [6.07, 6.45) is 0.916. The first-order valence-corrected chi connectivity index (χ1v) is 5.66. The number of ether oxygens (including phenoxy) is 1. The molecule has 0 aliphatic rings. The molecule has 4 heteroatoms. The standard InChI is InChI=1S/C14H13NO3/c1-2-10-5-3-6-11(9-10)18-13-8-4-7-12(15-13)14(16)17/h3-9H,2H2,1H3,(H,16,17). The second kappa shape index (κ2) is 5.31. The van der Waals surface area contributed by atoms with Crippen LogP contribution in [0.3, 0.4) is 0 Å². The van der Waals surface area contributed by atoms with Gasteiger partial charge in [-0.3, -0.25) is 0 Å². The first-order valence-electron chi connectivity index (χ1n) is 5.66. The fourth-order valence-electron chi connectivity index (χ4n) is 1.54. The van der Waals surface area contributed by atoms with Gasteiger partial charge in [0.25, 0.3) is 0 Å². The summed E-state index contributed by atoms with van der Waals surface area (Å²) in [6, 6.07) is 12.3. The third kappa shape index (κ3) is 2.85. The van der Waals surface area contributed by atoms with E-state index in [1.54, 1.807) is 12.1 Å². The van der Waals surface area contributed by atoms with E-state index >= 15 is 0 Å². The van der Waals surface area contributed by atoms with E-state index in [0.29, 0.717) is 5.75 Å². The summed E-state index contributed by atoms with van der Waals surface area (Å²) in [7, 11) is 0. The lowest BCUT2D eigenvalue weighted by molar-refractivity contribution is 0.0689. The second-order valence-corrected chi connectivity index (χ2v) is 3.77. The van der Waals surface area contributed by atoms with Crippen LogP contribution in [0.25, 0.3) is 0 Å². The van der Waals surface area contributed by atoms with Gasteiger partial charge in [-0.25, -0.2) is 9.78 Å². The second-order valence-electron chi connectivity index (χ2n) is 3.77. The van der Waals surface area contributed by atoms with Gasteiger partial charge in [0.2, 0.25) is 5.88 Å². The molecular formula is C14H13NO3. The SMILES string of the molecule is CCc1cccc(Oc2cccc(C(=O)O)n2)c1. The number of hydrogen-bond donors (Lipinski definition) is 1. The largest absolute Gasteiger partial charge is 0.477 e. The fraction of sp³-hybridized carbons (Fsp3) is 0.143. The molecule has 0 amide bonds. The Morgan fingerprint density at radius 2 is 2.06 bits per heavy atom. The Labute approximate surface area is 105 Å². The Bertz CT molecular complexity index is 566. The highest BCUT2D eigenvalue weighted by molar-refractivity contribution is 5.85. The molecule has 0 bridgehead atoms. The average Bonchev–Trinajstić information content (AvgIpc) is 2.39. The fourth-order valence-corrected chi connectivity index (χ4v) is 1.54. The van der Waals surface area contributed by atoms with Gasteiger partial charge in [0.1, 0.15) is 5.75 Å². The molecule has 1 aromatic carbocycles. The molecule has 1 heterocycles. The number of nitrogens with zero attached hydrogens (tertiary/aromatic N) is 1. The quantitative estimate of drug-likeness (QED) is 0.896. The minimum atomic E-state index is -1.07. The van der Waals surface area contributed by atoms with Crippen LogP contribution in [-0.4, -0.2) is 16.1 Å². The molecule has 0 unspecified atom stereocenters. The zero-order valence-corrected chi connectivity index (χ0v) is 9.96. The highest BCUT2D eigenvalue weighted by atomic mass is 16.5. The van der Waals surface area contributed by atoms with Crippen LogP contribution in [0.15, 0.2) is 42.5 Å². The maximum Gasteiger partial charge on any atom is 0.354 e. The normalized spacial score (nSPS) is 10.1. The third-order valence-electron chi connectivity index (χ3n) is 2.47. The van der Waals surface area contributed by atoms with E-state index in [1.165, 1.54) is 6.07 Å². The summed E-state index contributed by atoms with van der Waals surface area (Å²) < 4.78 is 5.54. The number of pyridine rings is 1. The van der Waals surface area contributed by atoms with Crippen LogP contribution >= 0.6 is 0 Å². The van der Waals surface area contributed by atoms with Gasteiger partial charge < -0.3 is 9.84 Å². The Morgan fingerprint density at radius 1 is 1.28 bits per heavy atom. The molecule has 0 aliphatic heterocycles. The number of benzene rings is 1. The summed E-state index contributed by atoms with van der Waals surface area (Å²) >= 11 is 0. The number of hydrogen-bond acceptors (Lipinski definition) is 3. The van der Waals surface area contributed by atoms with Crippen LogP contribution in [0, 0.1) is 0 Å². The molecule has 18 heavy (non-hydrogen) atoms. The highest BCUT2D eigenvalue weighted by Gasteiger charge is 2.06. The Kier molecular flexibility index (Phi) is 3.57. The molecule has 1 aromatic heterocycles. The van der Waals surface area contributed by atoms with Crippen molar-refractivity contribution in [2.45, 2.75) is 13.3 Å². The van der Waals surface area contributed by atoms with E-state index in [-0.39, 0.29) is 11.6 Å². The van der Waals surface area contributed by atoms with Crippen molar-refractivity contribution in [3.05, 3.63) is 53.7 Å². The molecule has 0 fully saturated rings. The van der Waals surface area contributed by atoms with E-state index in [4.69, 9.17) is 9.84 Å². The summed E-state index contributed by atoms with van der Waals surface area (Å²) in [5.74, 6) is -0.129. The molecule has 2 aromatic rings. The van der Waals surface area contributed by atoms with Crippen molar-refractivity contribution < 1.29 is 14.6 Å². The molecule has 0 saturated heterocycles. The number of aromatic nitrogens is 1. The molecule has 1 N–H and O–H groups in total. The highest BCUT2D eigenvalue weighted by Crippen LogP contribution is 2.20. The molecule has 0 saturated carbocycles. The Balaban J connectivity index is 2.22. The predicted octanol–water partition coefficient (Wildman–Crippen LogP) is 3.13. The number of carboxylic acid groups (broad SMARTS) is 1. The first-order chi connectivity index (χ1) is 8.69. The van der Waals surface area contributed by atoms with Gasteiger partial charge in [0, 0.05) is 6.07 Å². The van der Waals surface area contributed by atoms with Crippen molar-refractivity contribution in [2.24, 2.45) is 0 Å². The number of carboxylic acids is 1. The minimum Gasteiger partial charge on any atom is -0.477 e. The smallest absolute Gasteiger partial charge is 0.354 e. The van der Waals surface area contributed by atoms with Crippen molar-refractivity contribution in [2.75, 3.05) is 0 Å². The van der Waals surface area contributed by atoms with Gasteiger partial charge in [0.15, 0.2) is 5.69 Å². The lowest BCUT2D eigenvalue weighted by Gasteiger charge is -2.06. The van der Waals surface area contributed by atoms with Gasteiger partial charge in [-0.1, -0.05) is 25.1 Å². The summed E-state index contributed by atoms with van der Waals surface area (Å²) in [5.41, 5.74) is 1.13. The number of rotatable bonds is 4. The molecule has 92 valence electrons. The van der Waals surface area contributed by atoms with E-state index in [9.17, 15) is 4.79 Å². The number of aryl methyl sites for hydroxylation is 1. The summed E-state index contributed by atoms with van der Waals surface area (Å²) in [4.78, 5) is 14.7. The zero-order chi connectivity index (χ0) is 13.0. The van der Waals surface area contributed by atoms with E-state index in [1.807, 2.05) is 24.3 Å². The lowest BCUT2D eigenvalue weighted by atomic mass is 10.2. The van der Waals surface area contributed by atoms with Crippen LogP contribution < -0.4 is 4.74 Å². The van der Waals surface area contributed by atoms with Gasteiger partial charge in [-0.15, -0.1) is 0 Å². The van der Waals surface area contributed by atoms with Crippen molar-refractivity contribution in [3.63, 3.8) is 0 Å². The number of aromatic carboxylic acids is 1. The van der Waals surface area contributed by atoms with Crippen LogP contribution in [0.1, 0.15) is 23.0 Å². The summed E-state index contributed by atoms with van der Waals surface area (Å²) in [5, 5.41) is 8.84. The topological polar surface area (TPSA) is 59.4 Å². The molecule has 0 aliphatic carbocycles. The van der Waals surface area contributed by atoms with Crippen molar-refractivity contribution in [1.29, 1.82) is 0 Å². The van der Waals surface area contributed by atoms with Gasteiger partial charge in [-0.2, -0.15) is 0 Å².